The van der Waals surface area contributed by atoms with Crippen LogP contribution in [0.3, 0.4) is 0 Å². The molecule has 0 heterocycles. The number of para-hydroxylation sites is 1. The van der Waals surface area contributed by atoms with E-state index in [4.69, 9.17) is 34.6 Å². The molecule has 0 aliphatic carbocycles. The Hall–Kier alpha value is -4.17. The van der Waals surface area contributed by atoms with Crippen LogP contribution in [0.5, 0.6) is 0 Å². The van der Waals surface area contributed by atoms with Gasteiger partial charge in [0.1, 0.15) is 0 Å². The summed E-state index contributed by atoms with van der Waals surface area (Å²) >= 11 is 0. The Bertz CT molecular complexity index is 1270. The average Bonchev–Trinajstić information content (AvgIpc) is 3.06. The van der Waals surface area contributed by atoms with Crippen molar-refractivity contribution < 1.29 is 40.6 Å². The van der Waals surface area contributed by atoms with Gasteiger partial charge in [-0.15, -0.1) is 0 Å². The summed E-state index contributed by atoms with van der Waals surface area (Å²) in [5, 5.41) is 3.52. The predicted octanol–water partition coefficient (Wildman–Crippen LogP) is 5.86. The van der Waals surface area contributed by atoms with Gasteiger partial charge in [0, 0.05) is 33.3 Å². The Balaban J connectivity index is -0.00000106. The molecule has 0 atom stereocenters. The second-order valence-corrected chi connectivity index (χ2v) is 9.36. The van der Waals surface area contributed by atoms with Crippen LogP contribution in [0.25, 0.3) is 4.85 Å². The quantitative estimate of drug-likeness (QED) is 0.166. The number of rotatable bonds is 4. The molecule has 0 amide bonds. The minimum Gasteiger partial charge on any atom is 0 e. The molecule has 0 saturated heterocycles. The van der Waals surface area contributed by atoms with E-state index >= 15 is 0 Å². The van der Waals surface area contributed by atoms with Gasteiger partial charge >= 0.3 is 56.5 Å². The molecule has 190 valence electrons. The monoisotopic (exact) mass is 570 g/mol. The smallest absolute Gasteiger partial charge is 0 e. The maximum atomic E-state index is 7.58. The molecule has 4 rings (SSSR count). The molecule has 0 unspecified atom stereocenters. The molecule has 0 saturated carbocycles. The van der Waals surface area contributed by atoms with Gasteiger partial charge in [-0.05, 0) is 6.07 Å². The Morgan fingerprint density at radius 1 is 0.462 bits per heavy atom. The fraction of sp³-hybridized carbons (Fsp3) is 0. The van der Waals surface area contributed by atoms with Gasteiger partial charge in [-0.3, -0.25) is 4.74 Å². The second kappa shape index (κ2) is 25.5. The van der Waals surface area contributed by atoms with Crippen molar-refractivity contribution in [2.75, 3.05) is 0 Å². The summed E-state index contributed by atoms with van der Waals surface area (Å²) in [5.41, 5.74) is 1.32. The van der Waals surface area contributed by atoms with E-state index in [-0.39, 0.29) is 17.4 Å². The molecular weight excluding hydrogens is 551 g/mol. The number of benzene rings is 4. The standard InChI is InChI=1S/C25H19N2P.5CO.Cr/c1-26-24-19-11-12-20-25(24)27-28(21-13-5-2-6-14-21,22-15-7-3-8-16-22)23-17-9-4-10-18-23;5*1-2;/h2-20H;;;;;;. The Morgan fingerprint density at radius 3 is 1.05 bits per heavy atom. The van der Waals surface area contributed by atoms with Gasteiger partial charge in [0.05, 0.1) is 19.3 Å². The van der Waals surface area contributed by atoms with Crippen LogP contribution < -0.4 is 15.9 Å². The molecule has 4 aromatic rings. The molecule has 4 aromatic carbocycles. The first-order valence-corrected chi connectivity index (χ1v) is 11.9. The first kappa shape index (κ1) is 39.3. The van der Waals surface area contributed by atoms with Crippen molar-refractivity contribution in [1.82, 2.24) is 0 Å². The number of nitrogens with zero attached hydrogens (tertiary/aromatic N) is 2. The fourth-order valence-corrected chi connectivity index (χ4v) is 6.90. The molecule has 0 aromatic heterocycles. The molecule has 0 bridgehead atoms. The van der Waals surface area contributed by atoms with E-state index in [0.29, 0.717) is 5.69 Å². The van der Waals surface area contributed by atoms with E-state index in [1.54, 1.807) is 0 Å². The van der Waals surface area contributed by atoms with Crippen LogP contribution in [0, 0.1) is 39.8 Å². The van der Waals surface area contributed by atoms with E-state index in [0.717, 1.165) is 5.69 Å². The fourth-order valence-electron chi connectivity index (χ4n) is 3.36. The van der Waals surface area contributed by atoms with Gasteiger partial charge in [-0.2, -0.15) is 0 Å². The van der Waals surface area contributed by atoms with Gasteiger partial charge in [-0.1, -0.05) is 109 Å². The van der Waals surface area contributed by atoms with Crippen LogP contribution >= 0.6 is 7.05 Å². The van der Waals surface area contributed by atoms with Crippen molar-refractivity contribution in [3.63, 3.8) is 0 Å². The van der Waals surface area contributed by atoms with Crippen LogP contribution in [-0.4, -0.2) is 0 Å². The third-order valence-corrected chi connectivity index (χ3v) is 8.30. The molecule has 0 N–H and O–H groups in total. The third-order valence-electron chi connectivity index (χ3n) is 4.65. The predicted molar refractivity (Wildman–Crippen MR) is 140 cm³/mol. The van der Waals surface area contributed by atoms with E-state index in [1.165, 1.54) is 15.9 Å². The summed E-state index contributed by atoms with van der Waals surface area (Å²) in [6, 6.07) is 39.0. The Labute approximate surface area is 239 Å². The van der Waals surface area contributed by atoms with Crippen LogP contribution in [0.4, 0.5) is 11.4 Å². The van der Waals surface area contributed by atoms with Gasteiger partial charge in [0.25, 0.3) is 0 Å². The zero-order chi connectivity index (χ0) is 29.2. The zero-order valence-corrected chi connectivity index (χ0v) is 22.4. The van der Waals surface area contributed by atoms with E-state index in [9.17, 15) is 0 Å². The zero-order valence-electron chi connectivity index (χ0n) is 20.3. The topological polar surface area (TPSA) is 116 Å². The van der Waals surface area contributed by atoms with Gasteiger partial charge in [0.15, 0.2) is 0 Å². The van der Waals surface area contributed by atoms with E-state index < -0.39 is 7.05 Å². The first-order chi connectivity index (χ1) is 18.8. The van der Waals surface area contributed by atoms with Gasteiger partial charge < -0.3 is 0 Å². The SMILES string of the molecule is [C-]#[N+]c1ccccc1N=P(c1ccccc1)(c1ccccc1)c1ccccc1.[C-]#[O+].[C-]#[O+].[C-]#[O+].[C-]#[O+].[C-]#[O+].[Cr]. The molecule has 39 heavy (non-hydrogen) atoms. The third kappa shape index (κ3) is 11.0. The molecule has 7 nitrogen and oxygen atoms in total. The maximum absolute atomic E-state index is 7.58. The van der Waals surface area contributed by atoms with E-state index in [2.05, 4.69) is 111 Å². The summed E-state index contributed by atoms with van der Waals surface area (Å²) in [4.78, 5) is 3.71. The minimum absolute atomic E-state index is 0. The van der Waals surface area contributed by atoms with Crippen molar-refractivity contribution in [3.8, 4) is 0 Å². The van der Waals surface area contributed by atoms with Crippen molar-refractivity contribution in [3.05, 3.63) is 160 Å². The van der Waals surface area contributed by atoms with Gasteiger partial charge in [0.2, 0.25) is 5.69 Å². The minimum atomic E-state index is -2.33. The summed E-state index contributed by atoms with van der Waals surface area (Å²) in [6.45, 7) is 30.1. The van der Waals surface area contributed by atoms with Crippen LogP contribution in [0.1, 0.15) is 0 Å². The van der Waals surface area contributed by atoms with Crippen molar-refractivity contribution in [1.29, 1.82) is 0 Å². The molecule has 0 fully saturated rings. The summed E-state index contributed by atoms with van der Waals surface area (Å²) in [6.07, 6.45) is 0. The van der Waals surface area contributed by atoms with Gasteiger partial charge in [-0.25, -0.2) is 4.85 Å². The molecule has 9 heteroatoms. The molecular formula is C30H19CrN2O5P. The molecule has 0 aliphatic heterocycles. The average molecular weight is 570 g/mol. The second-order valence-electron chi connectivity index (χ2n) is 6.34. The normalized spacial score (nSPS) is 8.03. The summed E-state index contributed by atoms with van der Waals surface area (Å²) < 4.78 is 42.9. The number of hydrogen-bond acceptors (Lipinski definition) is 1. The molecule has 0 aliphatic rings. The van der Waals surface area contributed by atoms with Crippen molar-refractivity contribution in [2.45, 2.75) is 0 Å². The van der Waals surface area contributed by atoms with Crippen LogP contribution in [-0.2, 0) is 40.6 Å². The van der Waals surface area contributed by atoms with Crippen molar-refractivity contribution in [2.24, 2.45) is 4.74 Å². The van der Waals surface area contributed by atoms with Crippen LogP contribution in [0.15, 0.2) is 120 Å². The Kier molecular flexibility index (Phi) is 25.7. The number of hydrogen-bond donors (Lipinski definition) is 0. The van der Waals surface area contributed by atoms with E-state index in [1.807, 2.05) is 42.5 Å². The van der Waals surface area contributed by atoms with Crippen molar-refractivity contribution >= 4 is 34.3 Å². The Morgan fingerprint density at radius 2 is 0.744 bits per heavy atom. The largest absolute Gasteiger partial charge is 0 e. The van der Waals surface area contributed by atoms with Crippen LogP contribution in [0.2, 0.25) is 0 Å². The molecule has 0 radical (unpaired) electrons. The maximum Gasteiger partial charge on any atom is 0 e. The first-order valence-electron chi connectivity index (χ1n) is 10.1. The molecule has 0 spiro atoms. The summed E-state index contributed by atoms with van der Waals surface area (Å²) in [7, 11) is -2.33. The summed E-state index contributed by atoms with van der Waals surface area (Å²) in [5.74, 6) is 0.